The number of carbonyl (C=O) groups excluding carboxylic acids is 1. The highest BCUT2D eigenvalue weighted by Crippen LogP contribution is 2.31. The van der Waals surface area contributed by atoms with E-state index < -0.39 is 11.7 Å². The smallest absolute Gasteiger partial charge is 0.413 e. The number of hydrogen-bond donors (Lipinski definition) is 3. The molecule has 206 valence electrons. The van der Waals surface area contributed by atoms with Gasteiger partial charge in [0.15, 0.2) is 11.5 Å². The molecule has 4 heterocycles. The number of nitrogens with one attached hydrogen (secondary N) is 3. The van der Waals surface area contributed by atoms with Crippen LogP contribution in [-0.2, 0) is 4.74 Å². The Kier molecular flexibility index (Phi) is 6.38. The number of fused-ring (bicyclic) bond motifs is 2. The van der Waals surface area contributed by atoms with E-state index in [4.69, 9.17) is 9.47 Å². The van der Waals surface area contributed by atoms with Gasteiger partial charge in [0.25, 0.3) is 0 Å². The molecule has 0 atom stereocenters. The number of aromatic amines is 1. The third-order valence-corrected chi connectivity index (χ3v) is 5.97. The fraction of sp³-hybridized carbons (Fsp3) is 0.179. The molecule has 0 radical (unpaired) electrons. The topological polar surface area (TPSA) is 157 Å². The first-order chi connectivity index (χ1) is 19.7. The first-order valence-electron chi connectivity index (χ1n) is 12.7. The van der Waals surface area contributed by atoms with Crippen molar-refractivity contribution in [3.8, 4) is 22.9 Å². The predicted molar refractivity (Wildman–Crippen MR) is 152 cm³/mol. The Balaban J connectivity index is 1.21. The summed E-state index contributed by atoms with van der Waals surface area (Å²) in [6.07, 6.45) is 4.12. The number of ether oxygens (including phenoxy) is 2. The summed E-state index contributed by atoms with van der Waals surface area (Å²) in [4.78, 5) is 25.3. The summed E-state index contributed by atoms with van der Waals surface area (Å²) in [6.45, 7) is 7.35. The zero-order valence-electron chi connectivity index (χ0n) is 22.7. The number of carbonyl (C=O) groups is 1. The minimum atomic E-state index is -0.610. The Morgan fingerprint density at radius 2 is 1.88 bits per heavy atom. The average Bonchev–Trinajstić information content (AvgIpc) is 3.58. The molecule has 13 heteroatoms. The van der Waals surface area contributed by atoms with E-state index in [0.717, 1.165) is 27.7 Å². The lowest BCUT2D eigenvalue weighted by Crippen LogP contribution is -2.27. The first-order valence-corrected chi connectivity index (χ1v) is 12.7. The Morgan fingerprint density at radius 1 is 1.00 bits per heavy atom. The van der Waals surface area contributed by atoms with Gasteiger partial charge in [0.2, 0.25) is 5.88 Å². The lowest BCUT2D eigenvalue weighted by Gasteiger charge is -2.18. The van der Waals surface area contributed by atoms with Gasteiger partial charge in [-0.3, -0.25) is 14.8 Å². The van der Waals surface area contributed by atoms with Crippen LogP contribution in [0.3, 0.4) is 0 Å². The summed E-state index contributed by atoms with van der Waals surface area (Å²) in [5.74, 6) is 2.07. The second-order valence-electron chi connectivity index (χ2n) is 10.3. The van der Waals surface area contributed by atoms with Crippen LogP contribution in [0.2, 0.25) is 0 Å². The van der Waals surface area contributed by atoms with Gasteiger partial charge in [0.1, 0.15) is 36.2 Å². The van der Waals surface area contributed by atoms with Gasteiger partial charge in [0.05, 0.1) is 11.2 Å². The number of hydrogen-bond acceptors (Lipinski definition) is 10. The van der Waals surface area contributed by atoms with Crippen molar-refractivity contribution < 1.29 is 14.3 Å². The molecule has 1 amide bonds. The maximum Gasteiger partial charge on any atom is 0.413 e. The van der Waals surface area contributed by atoms with Gasteiger partial charge in [0, 0.05) is 28.8 Å². The summed E-state index contributed by atoms with van der Waals surface area (Å²) in [6, 6.07) is 15.0. The molecular weight excluding hydrogens is 524 g/mol. The number of aromatic nitrogens is 8. The molecule has 0 fully saturated rings. The van der Waals surface area contributed by atoms with Gasteiger partial charge in [-0.05, 0) is 63.6 Å². The van der Waals surface area contributed by atoms with Crippen molar-refractivity contribution >= 4 is 40.0 Å². The van der Waals surface area contributed by atoms with Crippen molar-refractivity contribution in [2.45, 2.75) is 33.3 Å². The Labute approximate surface area is 234 Å². The van der Waals surface area contributed by atoms with E-state index in [9.17, 15) is 4.79 Å². The fourth-order valence-corrected chi connectivity index (χ4v) is 4.12. The monoisotopic (exact) mass is 550 g/mol. The van der Waals surface area contributed by atoms with Gasteiger partial charge >= 0.3 is 6.09 Å². The fourth-order valence-electron chi connectivity index (χ4n) is 4.12. The van der Waals surface area contributed by atoms with Crippen molar-refractivity contribution in [1.82, 2.24) is 39.7 Å². The second-order valence-corrected chi connectivity index (χ2v) is 10.3. The van der Waals surface area contributed by atoms with Gasteiger partial charge in [-0.25, -0.2) is 19.7 Å². The highest BCUT2D eigenvalue weighted by molar-refractivity contribution is 5.94. The van der Waals surface area contributed by atoms with E-state index in [1.807, 2.05) is 43.3 Å². The molecule has 0 saturated heterocycles. The number of aryl methyl sites for hydroxylation is 1. The molecule has 0 saturated carbocycles. The molecule has 0 spiro atoms. The Hall–Kier alpha value is -5.59. The molecule has 2 aromatic carbocycles. The van der Waals surface area contributed by atoms with Crippen molar-refractivity contribution in [3.05, 3.63) is 73.1 Å². The van der Waals surface area contributed by atoms with E-state index in [1.165, 1.54) is 6.33 Å². The number of rotatable bonds is 6. The van der Waals surface area contributed by atoms with E-state index in [0.29, 0.717) is 34.6 Å². The zero-order valence-corrected chi connectivity index (χ0v) is 22.7. The number of amides is 1. The number of H-pyrrole nitrogens is 1. The molecule has 0 aliphatic heterocycles. The largest absolute Gasteiger partial charge is 0.444 e. The van der Waals surface area contributed by atoms with Crippen LogP contribution in [0.5, 0.6) is 11.6 Å². The molecule has 0 unspecified atom stereocenters. The SMILES string of the molecule is Cc1cc(Nc2ncnc3ccc(-c4cc(NC(=O)OC(C)(C)C)n[nH]4)cc23)ccc1Oc1cc2nncn2cn1. The van der Waals surface area contributed by atoms with Gasteiger partial charge in [-0.1, -0.05) is 6.07 Å². The van der Waals surface area contributed by atoms with Crippen molar-refractivity contribution in [2.75, 3.05) is 10.6 Å². The van der Waals surface area contributed by atoms with Crippen LogP contribution in [0.1, 0.15) is 26.3 Å². The van der Waals surface area contributed by atoms with Crippen molar-refractivity contribution in [3.63, 3.8) is 0 Å². The van der Waals surface area contributed by atoms with E-state index in [-0.39, 0.29) is 0 Å². The number of anilines is 3. The number of benzene rings is 2. The molecule has 41 heavy (non-hydrogen) atoms. The lowest BCUT2D eigenvalue weighted by atomic mass is 10.1. The number of nitrogens with zero attached hydrogens (tertiary/aromatic N) is 7. The van der Waals surface area contributed by atoms with Crippen LogP contribution in [0.15, 0.2) is 67.5 Å². The predicted octanol–water partition coefficient (Wildman–Crippen LogP) is 5.65. The van der Waals surface area contributed by atoms with Gasteiger partial charge < -0.3 is 14.8 Å². The van der Waals surface area contributed by atoms with E-state index in [1.54, 1.807) is 50.0 Å². The maximum atomic E-state index is 12.1. The zero-order chi connectivity index (χ0) is 28.6. The van der Waals surface area contributed by atoms with Gasteiger partial charge in [-0.2, -0.15) is 5.10 Å². The van der Waals surface area contributed by atoms with E-state index in [2.05, 4.69) is 46.0 Å². The molecule has 6 rings (SSSR count). The van der Waals surface area contributed by atoms with Crippen LogP contribution in [0.4, 0.5) is 22.1 Å². The third kappa shape index (κ3) is 5.73. The lowest BCUT2D eigenvalue weighted by molar-refractivity contribution is 0.0635. The van der Waals surface area contributed by atoms with Crippen LogP contribution in [0, 0.1) is 6.92 Å². The summed E-state index contributed by atoms with van der Waals surface area (Å²) in [7, 11) is 0. The minimum Gasteiger partial charge on any atom is -0.444 e. The highest BCUT2D eigenvalue weighted by atomic mass is 16.6. The third-order valence-electron chi connectivity index (χ3n) is 5.97. The molecule has 0 aliphatic carbocycles. The molecule has 0 bridgehead atoms. The standard InChI is InChI=1S/C28H26N10O3/c1-16-9-18(6-8-22(16)40-25-12-24-37-32-15-38(24)14-31-25)33-26-19-10-17(5-7-20(19)29-13-30-26)21-11-23(36-35-21)34-27(39)41-28(2,3)4/h5-15H,1-4H3,(H,29,30,33)(H2,34,35,36,39). The van der Waals surface area contributed by atoms with Gasteiger partial charge in [-0.15, -0.1) is 10.2 Å². The van der Waals surface area contributed by atoms with Crippen molar-refractivity contribution in [2.24, 2.45) is 0 Å². The summed E-state index contributed by atoms with van der Waals surface area (Å²) >= 11 is 0. The molecule has 3 N–H and O–H groups in total. The van der Waals surface area contributed by atoms with Crippen LogP contribution in [-0.4, -0.2) is 51.4 Å². The van der Waals surface area contributed by atoms with Crippen LogP contribution >= 0.6 is 0 Å². The summed E-state index contributed by atoms with van der Waals surface area (Å²) < 4.78 is 13.0. The van der Waals surface area contributed by atoms with E-state index >= 15 is 0 Å². The summed E-state index contributed by atoms with van der Waals surface area (Å²) in [5.41, 5.74) is 4.09. The minimum absolute atomic E-state index is 0.353. The molecule has 13 nitrogen and oxygen atoms in total. The highest BCUT2D eigenvalue weighted by Gasteiger charge is 2.17. The van der Waals surface area contributed by atoms with Crippen LogP contribution < -0.4 is 15.4 Å². The average molecular weight is 551 g/mol. The van der Waals surface area contributed by atoms with Crippen LogP contribution in [0.25, 0.3) is 27.8 Å². The molecule has 4 aromatic heterocycles. The Morgan fingerprint density at radius 3 is 2.71 bits per heavy atom. The molecule has 6 aromatic rings. The Bertz CT molecular complexity index is 1890. The second kappa shape index (κ2) is 10.2. The molecule has 0 aliphatic rings. The quantitative estimate of drug-likeness (QED) is 0.237. The molecular formula is C28H26N10O3. The normalized spacial score (nSPS) is 11.5. The maximum absolute atomic E-state index is 12.1. The first kappa shape index (κ1) is 25.7. The summed E-state index contributed by atoms with van der Waals surface area (Å²) in [5, 5.41) is 21.9. The van der Waals surface area contributed by atoms with Crippen molar-refractivity contribution in [1.29, 1.82) is 0 Å².